The number of carbonyl (C=O) groups excluding carboxylic acids is 1. The molecule has 2 atom stereocenters. The van der Waals surface area contributed by atoms with Gasteiger partial charge in [-0.25, -0.2) is 0 Å². The molecule has 0 bridgehead atoms. The largest absolute Gasteiger partial charge is 0.496 e. The molecule has 2 unspecified atom stereocenters. The third kappa shape index (κ3) is 4.34. The van der Waals surface area contributed by atoms with E-state index in [-0.39, 0.29) is 17.7 Å². The summed E-state index contributed by atoms with van der Waals surface area (Å²) in [6, 6.07) is 4.10. The van der Waals surface area contributed by atoms with Crippen LogP contribution < -0.4 is 10.5 Å². The molecule has 112 valence electrons. The van der Waals surface area contributed by atoms with E-state index in [1.165, 1.54) is 0 Å². The summed E-state index contributed by atoms with van der Waals surface area (Å²) in [5.41, 5.74) is 8.55. The average molecular weight is 277 g/mol. The van der Waals surface area contributed by atoms with Crippen molar-refractivity contribution in [1.29, 1.82) is 0 Å². The standard InChI is InChI=1S/C17H27NO2/c1-11(7-6-8-14(4)18)17(19)15-9-13(3)16(20-5)10-12(15)2/h9-11,14H,6-8,18H2,1-5H3. The van der Waals surface area contributed by atoms with Crippen LogP contribution in [0.4, 0.5) is 0 Å². The second-order valence-corrected chi connectivity index (χ2v) is 5.81. The number of carbonyl (C=O) groups is 1. The van der Waals surface area contributed by atoms with Crippen LogP contribution in [-0.4, -0.2) is 18.9 Å². The molecule has 0 aliphatic rings. The maximum absolute atomic E-state index is 12.5. The van der Waals surface area contributed by atoms with Crippen LogP contribution in [0.15, 0.2) is 12.1 Å². The first kappa shape index (κ1) is 16.7. The molecule has 20 heavy (non-hydrogen) atoms. The third-order valence-corrected chi connectivity index (χ3v) is 3.75. The van der Waals surface area contributed by atoms with Crippen LogP contribution in [0.3, 0.4) is 0 Å². The molecule has 1 aromatic carbocycles. The molecule has 0 heterocycles. The number of methoxy groups -OCH3 is 1. The summed E-state index contributed by atoms with van der Waals surface area (Å²) in [5, 5.41) is 0. The van der Waals surface area contributed by atoms with Gasteiger partial charge < -0.3 is 10.5 Å². The van der Waals surface area contributed by atoms with Gasteiger partial charge in [-0.05, 0) is 56.9 Å². The molecule has 0 spiro atoms. The lowest BCUT2D eigenvalue weighted by Gasteiger charge is -2.15. The molecule has 0 saturated carbocycles. The van der Waals surface area contributed by atoms with Gasteiger partial charge in [0.05, 0.1) is 7.11 Å². The first-order chi connectivity index (χ1) is 9.36. The van der Waals surface area contributed by atoms with Crippen molar-refractivity contribution in [2.45, 2.75) is 53.0 Å². The van der Waals surface area contributed by atoms with Crippen LogP contribution in [0, 0.1) is 19.8 Å². The lowest BCUT2D eigenvalue weighted by Crippen LogP contribution is -2.17. The highest BCUT2D eigenvalue weighted by molar-refractivity contribution is 5.99. The van der Waals surface area contributed by atoms with E-state index in [0.717, 1.165) is 41.7 Å². The second kappa shape index (κ2) is 7.44. The summed E-state index contributed by atoms with van der Waals surface area (Å²) >= 11 is 0. The SMILES string of the molecule is COc1cc(C)c(C(=O)C(C)CCCC(C)N)cc1C. The van der Waals surface area contributed by atoms with Gasteiger partial charge in [0.2, 0.25) is 0 Å². The van der Waals surface area contributed by atoms with Crippen molar-refractivity contribution in [3.8, 4) is 5.75 Å². The van der Waals surface area contributed by atoms with E-state index in [1.807, 2.05) is 39.8 Å². The molecule has 1 aromatic rings. The molecule has 0 radical (unpaired) electrons. The highest BCUT2D eigenvalue weighted by Gasteiger charge is 2.18. The smallest absolute Gasteiger partial charge is 0.165 e. The number of ketones is 1. The lowest BCUT2D eigenvalue weighted by molar-refractivity contribution is 0.0921. The van der Waals surface area contributed by atoms with E-state index in [9.17, 15) is 4.79 Å². The molecule has 3 nitrogen and oxygen atoms in total. The van der Waals surface area contributed by atoms with Crippen molar-refractivity contribution < 1.29 is 9.53 Å². The maximum atomic E-state index is 12.5. The first-order valence-corrected chi connectivity index (χ1v) is 7.31. The van der Waals surface area contributed by atoms with E-state index in [2.05, 4.69) is 0 Å². The minimum absolute atomic E-state index is 0.0419. The second-order valence-electron chi connectivity index (χ2n) is 5.81. The van der Waals surface area contributed by atoms with Crippen molar-refractivity contribution in [1.82, 2.24) is 0 Å². The van der Waals surface area contributed by atoms with E-state index in [4.69, 9.17) is 10.5 Å². The van der Waals surface area contributed by atoms with Crippen LogP contribution in [0.2, 0.25) is 0 Å². The van der Waals surface area contributed by atoms with Gasteiger partial charge in [-0.1, -0.05) is 13.3 Å². The lowest BCUT2D eigenvalue weighted by atomic mass is 9.90. The Morgan fingerprint density at radius 1 is 1.20 bits per heavy atom. The molecule has 0 amide bonds. The number of benzene rings is 1. The zero-order valence-electron chi connectivity index (χ0n) is 13.3. The number of hydrogen-bond acceptors (Lipinski definition) is 3. The molecule has 0 saturated heterocycles. The fraction of sp³-hybridized carbons (Fsp3) is 0.588. The Kier molecular flexibility index (Phi) is 6.21. The predicted octanol–water partition coefficient (Wildman–Crippen LogP) is 3.65. The minimum Gasteiger partial charge on any atom is -0.496 e. The zero-order valence-corrected chi connectivity index (χ0v) is 13.3. The van der Waals surface area contributed by atoms with Gasteiger partial charge in [0.1, 0.15) is 5.75 Å². The van der Waals surface area contributed by atoms with Gasteiger partial charge in [0.15, 0.2) is 5.78 Å². The molecule has 0 aliphatic heterocycles. The van der Waals surface area contributed by atoms with Crippen molar-refractivity contribution >= 4 is 5.78 Å². The van der Waals surface area contributed by atoms with Crippen molar-refractivity contribution in [2.75, 3.05) is 7.11 Å². The Bertz CT molecular complexity index is 466. The monoisotopic (exact) mass is 277 g/mol. The number of aryl methyl sites for hydroxylation is 2. The van der Waals surface area contributed by atoms with Crippen molar-refractivity contribution in [3.63, 3.8) is 0 Å². The van der Waals surface area contributed by atoms with Crippen molar-refractivity contribution in [3.05, 3.63) is 28.8 Å². The number of ether oxygens (including phenoxy) is 1. The highest BCUT2D eigenvalue weighted by atomic mass is 16.5. The number of rotatable bonds is 7. The zero-order chi connectivity index (χ0) is 15.3. The Balaban J connectivity index is 2.79. The van der Waals surface area contributed by atoms with Crippen LogP contribution in [0.25, 0.3) is 0 Å². The van der Waals surface area contributed by atoms with E-state index >= 15 is 0 Å². The Hall–Kier alpha value is -1.35. The van der Waals surface area contributed by atoms with Crippen LogP contribution >= 0.6 is 0 Å². The van der Waals surface area contributed by atoms with Gasteiger partial charge in [0, 0.05) is 17.5 Å². The Morgan fingerprint density at radius 2 is 1.85 bits per heavy atom. The molecular formula is C17H27NO2. The molecule has 2 N–H and O–H groups in total. The summed E-state index contributed by atoms with van der Waals surface area (Å²) in [6.45, 7) is 7.94. The minimum atomic E-state index is 0.0419. The van der Waals surface area contributed by atoms with Crippen LogP contribution in [0.5, 0.6) is 5.75 Å². The normalized spacial score (nSPS) is 13.9. The Labute approximate surface area is 122 Å². The Morgan fingerprint density at radius 3 is 2.40 bits per heavy atom. The highest BCUT2D eigenvalue weighted by Crippen LogP contribution is 2.25. The summed E-state index contributed by atoms with van der Waals surface area (Å²) in [5.74, 6) is 1.10. The van der Waals surface area contributed by atoms with E-state index in [1.54, 1.807) is 7.11 Å². The molecule has 0 fully saturated rings. The molecule has 0 aliphatic carbocycles. The number of Topliss-reactive ketones (excluding diaryl/α,β-unsaturated/α-hetero) is 1. The molecular weight excluding hydrogens is 250 g/mol. The summed E-state index contributed by atoms with van der Waals surface area (Å²) in [7, 11) is 1.65. The summed E-state index contributed by atoms with van der Waals surface area (Å²) in [4.78, 5) is 12.5. The van der Waals surface area contributed by atoms with Crippen LogP contribution in [0.1, 0.15) is 54.6 Å². The van der Waals surface area contributed by atoms with Gasteiger partial charge in [-0.15, -0.1) is 0 Å². The summed E-state index contributed by atoms with van der Waals surface area (Å²) in [6.07, 6.45) is 2.86. The topological polar surface area (TPSA) is 52.3 Å². The molecule has 3 heteroatoms. The predicted molar refractivity (Wildman–Crippen MR) is 83.5 cm³/mol. The maximum Gasteiger partial charge on any atom is 0.165 e. The fourth-order valence-electron chi connectivity index (χ4n) is 2.42. The first-order valence-electron chi connectivity index (χ1n) is 7.31. The number of hydrogen-bond donors (Lipinski definition) is 1. The third-order valence-electron chi connectivity index (χ3n) is 3.75. The quantitative estimate of drug-likeness (QED) is 0.774. The summed E-state index contributed by atoms with van der Waals surface area (Å²) < 4.78 is 5.29. The van der Waals surface area contributed by atoms with E-state index in [0.29, 0.717) is 0 Å². The van der Waals surface area contributed by atoms with Gasteiger partial charge >= 0.3 is 0 Å². The average Bonchev–Trinajstić information content (AvgIpc) is 2.39. The van der Waals surface area contributed by atoms with Crippen LogP contribution in [-0.2, 0) is 0 Å². The molecule has 1 rings (SSSR count). The van der Waals surface area contributed by atoms with Gasteiger partial charge in [-0.2, -0.15) is 0 Å². The molecule has 0 aromatic heterocycles. The van der Waals surface area contributed by atoms with Crippen molar-refractivity contribution in [2.24, 2.45) is 11.7 Å². The van der Waals surface area contributed by atoms with Gasteiger partial charge in [0.25, 0.3) is 0 Å². The fourth-order valence-corrected chi connectivity index (χ4v) is 2.42. The van der Waals surface area contributed by atoms with Gasteiger partial charge in [-0.3, -0.25) is 4.79 Å². The number of nitrogens with two attached hydrogens (primary N) is 1. The van der Waals surface area contributed by atoms with E-state index < -0.39 is 0 Å².